The van der Waals surface area contributed by atoms with Gasteiger partial charge in [-0.25, -0.2) is 0 Å². The molecule has 5 rings (SSSR count). The zero-order valence-corrected chi connectivity index (χ0v) is 25.5. The van der Waals surface area contributed by atoms with Crippen molar-refractivity contribution >= 4 is 22.6 Å². The maximum Gasteiger partial charge on any atom is 0.416 e. The molecule has 1 aliphatic rings. The van der Waals surface area contributed by atoms with Crippen LogP contribution < -0.4 is 0 Å². The average Bonchev–Trinajstić information content (AvgIpc) is 2.99. The summed E-state index contributed by atoms with van der Waals surface area (Å²) in [5, 5.41) is 0. The predicted octanol–water partition coefficient (Wildman–Crippen LogP) is 11.1. The summed E-state index contributed by atoms with van der Waals surface area (Å²) in [5.41, 5.74) is -7.50. The van der Waals surface area contributed by atoms with E-state index in [1.165, 1.54) is 0 Å². The molecule has 0 amide bonds. The maximum absolute atomic E-state index is 13.8. The topological polar surface area (TPSA) is 18.5 Å². The summed E-state index contributed by atoms with van der Waals surface area (Å²) in [7, 11) is 0. The van der Waals surface area contributed by atoms with Gasteiger partial charge in [0.05, 0.1) is 35.5 Å². The molecule has 4 aromatic rings. The molecule has 0 unspecified atom stereocenters. The van der Waals surface area contributed by atoms with Gasteiger partial charge in [0.25, 0.3) is 0 Å². The molecule has 0 saturated carbocycles. The molecule has 1 saturated heterocycles. The fraction of sp³-hybridized carbons (Fsp3) is 0.250. The van der Waals surface area contributed by atoms with E-state index in [4.69, 9.17) is 9.47 Å². The first kappa shape index (κ1) is 35.0. The Labute approximate surface area is 272 Å². The van der Waals surface area contributed by atoms with Gasteiger partial charge in [0.1, 0.15) is 0 Å². The number of halogens is 13. The van der Waals surface area contributed by atoms with Crippen LogP contribution in [-0.2, 0) is 40.0 Å². The van der Waals surface area contributed by atoms with Crippen LogP contribution in [0.4, 0.5) is 52.7 Å². The van der Waals surface area contributed by atoms with E-state index < -0.39 is 83.0 Å². The summed E-state index contributed by atoms with van der Waals surface area (Å²) in [6.07, 6.45) is -21.6. The normalized spacial score (nSPS) is 16.4. The molecule has 0 radical (unpaired) electrons. The molecule has 15 heteroatoms. The number of ether oxygens (including phenoxy) is 2. The van der Waals surface area contributed by atoms with E-state index in [1.807, 2.05) is 24.3 Å². The average molecular weight is 790 g/mol. The van der Waals surface area contributed by atoms with Crippen molar-refractivity contribution < 1.29 is 62.2 Å². The lowest BCUT2D eigenvalue weighted by Gasteiger charge is -2.42. The van der Waals surface area contributed by atoms with Crippen LogP contribution in [0.25, 0.3) is 11.1 Å². The summed E-state index contributed by atoms with van der Waals surface area (Å²) in [6.45, 7) is -1.11. The molecule has 1 fully saturated rings. The SMILES string of the molecule is FC(F)(F)c1cc(C(F)(F)F)cc(C2(c3cc(C(F)(F)F)cc(C(F)(F)F)c3)OCC(c3ccc(-c4ccc(I)cc4)cc3)CO2)c1. The van der Waals surface area contributed by atoms with Gasteiger partial charge >= 0.3 is 24.7 Å². The Morgan fingerprint density at radius 2 is 0.809 bits per heavy atom. The highest BCUT2D eigenvalue weighted by atomic mass is 127. The third-order valence-corrected chi connectivity index (χ3v) is 8.19. The van der Waals surface area contributed by atoms with Crippen LogP contribution in [0.3, 0.4) is 0 Å². The van der Waals surface area contributed by atoms with Crippen LogP contribution in [0.2, 0.25) is 0 Å². The number of benzene rings is 4. The van der Waals surface area contributed by atoms with Gasteiger partial charge in [-0.2, -0.15) is 52.7 Å². The molecule has 0 aromatic heterocycles. The van der Waals surface area contributed by atoms with Gasteiger partial charge in [-0.3, -0.25) is 0 Å². The number of rotatable bonds is 4. The summed E-state index contributed by atoms with van der Waals surface area (Å²) >= 11 is 2.13. The Bertz CT molecular complexity index is 1590. The van der Waals surface area contributed by atoms with Crippen LogP contribution in [0.15, 0.2) is 84.9 Å². The highest BCUT2D eigenvalue weighted by Gasteiger charge is 2.48. The minimum absolute atomic E-state index is 0.152. The summed E-state index contributed by atoms with van der Waals surface area (Å²) in [6, 6.07) is 14.4. The highest BCUT2D eigenvalue weighted by Crippen LogP contribution is 2.47. The fourth-order valence-corrected chi connectivity index (χ4v) is 5.46. The van der Waals surface area contributed by atoms with Crippen LogP contribution in [0.5, 0.6) is 0 Å². The molecule has 0 N–H and O–H groups in total. The molecule has 0 aliphatic carbocycles. The summed E-state index contributed by atoms with van der Waals surface area (Å²) in [5.74, 6) is -3.78. The molecule has 250 valence electrons. The van der Waals surface area contributed by atoms with E-state index in [-0.39, 0.29) is 36.4 Å². The molecule has 1 aliphatic heterocycles. The highest BCUT2D eigenvalue weighted by molar-refractivity contribution is 14.1. The number of hydrogen-bond donors (Lipinski definition) is 0. The van der Waals surface area contributed by atoms with Crippen molar-refractivity contribution in [2.24, 2.45) is 0 Å². The lowest BCUT2D eigenvalue weighted by molar-refractivity contribution is -0.257. The lowest BCUT2D eigenvalue weighted by Crippen LogP contribution is -2.43. The van der Waals surface area contributed by atoms with Crippen molar-refractivity contribution in [3.05, 3.63) is 127 Å². The lowest BCUT2D eigenvalue weighted by atomic mass is 9.89. The molecule has 2 nitrogen and oxygen atoms in total. The van der Waals surface area contributed by atoms with E-state index in [0.29, 0.717) is 5.56 Å². The fourth-order valence-electron chi connectivity index (χ4n) is 5.10. The second-order valence-corrected chi connectivity index (χ2v) is 11.9. The monoisotopic (exact) mass is 790 g/mol. The second kappa shape index (κ2) is 12.3. The van der Waals surface area contributed by atoms with Gasteiger partial charge < -0.3 is 9.47 Å². The van der Waals surface area contributed by atoms with Crippen molar-refractivity contribution in [1.29, 1.82) is 0 Å². The molecule has 4 aromatic carbocycles. The van der Waals surface area contributed by atoms with Crippen LogP contribution >= 0.6 is 22.6 Å². The Morgan fingerprint density at radius 1 is 0.489 bits per heavy atom. The Morgan fingerprint density at radius 3 is 1.13 bits per heavy atom. The molecule has 1 heterocycles. The molecule has 0 atom stereocenters. The first-order valence-corrected chi connectivity index (χ1v) is 14.5. The van der Waals surface area contributed by atoms with E-state index in [9.17, 15) is 52.7 Å². The first-order chi connectivity index (χ1) is 21.7. The van der Waals surface area contributed by atoms with E-state index in [1.54, 1.807) is 24.3 Å². The number of hydrogen-bond acceptors (Lipinski definition) is 2. The van der Waals surface area contributed by atoms with Crippen molar-refractivity contribution in [2.45, 2.75) is 36.4 Å². The maximum atomic E-state index is 13.8. The predicted molar refractivity (Wildman–Crippen MR) is 153 cm³/mol. The van der Waals surface area contributed by atoms with Gasteiger partial charge in [0.2, 0.25) is 5.79 Å². The van der Waals surface area contributed by atoms with Gasteiger partial charge in [0.15, 0.2) is 0 Å². The van der Waals surface area contributed by atoms with Gasteiger partial charge in [-0.15, -0.1) is 0 Å². The van der Waals surface area contributed by atoms with Crippen molar-refractivity contribution in [3.63, 3.8) is 0 Å². The zero-order valence-electron chi connectivity index (χ0n) is 23.3. The first-order valence-electron chi connectivity index (χ1n) is 13.4. The third kappa shape index (κ3) is 7.56. The standard InChI is InChI=1S/C32H19F12IO2/c33-29(34,35)23-9-21(10-24(13-23)30(36,37)38)28(22-11-25(31(39,40)41)14-26(12-22)32(42,43)44)46-15-20(16-47-28)19-3-1-17(2-4-19)18-5-7-27(45)8-6-18/h1-14,20H,15-16H2. The summed E-state index contributed by atoms with van der Waals surface area (Å²) in [4.78, 5) is 0. The van der Waals surface area contributed by atoms with E-state index >= 15 is 0 Å². The largest absolute Gasteiger partial charge is 0.416 e. The van der Waals surface area contributed by atoms with Crippen LogP contribution in [0, 0.1) is 3.57 Å². The smallest absolute Gasteiger partial charge is 0.341 e. The molecule has 47 heavy (non-hydrogen) atoms. The Balaban J connectivity index is 1.63. The molecule has 0 bridgehead atoms. The number of alkyl halides is 12. The Hall–Kier alpha value is -3.31. The molecular formula is C32H19F12IO2. The van der Waals surface area contributed by atoms with Crippen LogP contribution in [-0.4, -0.2) is 13.2 Å². The van der Waals surface area contributed by atoms with Gasteiger partial charge in [0, 0.05) is 20.6 Å². The zero-order chi connectivity index (χ0) is 34.6. The van der Waals surface area contributed by atoms with Gasteiger partial charge in [-0.05, 0) is 87.8 Å². The molecular weight excluding hydrogens is 771 g/mol. The minimum Gasteiger partial charge on any atom is -0.341 e. The van der Waals surface area contributed by atoms with E-state index in [2.05, 4.69) is 22.6 Å². The quantitative estimate of drug-likeness (QED) is 0.151. The third-order valence-electron chi connectivity index (χ3n) is 7.47. The van der Waals surface area contributed by atoms with Gasteiger partial charge in [-0.1, -0.05) is 36.4 Å². The van der Waals surface area contributed by atoms with Crippen LogP contribution in [0.1, 0.15) is 44.9 Å². The van der Waals surface area contributed by atoms with Crippen molar-refractivity contribution in [2.75, 3.05) is 13.2 Å². The second-order valence-electron chi connectivity index (χ2n) is 10.7. The van der Waals surface area contributed by atoms with Crippen molar-refractivity contribution in [3.8, 4) is 11.1 Å². The minimum atomic E-state index is -5.39. The molecule has 0 spiro atoms. The van der Waals surface area contributed by atoms with E-state index in [0.717, 1.165) is 14.7 Å². The van der Waals surface area contributed by atoms with Crippen molar-refractivity contribution in [1.82, 2.24) is 0 Å². The Kier molecular flexibility index (Phi) is 9.16. The summed E-state index contributed by atoms with van der Waals surface area (Å²) < 4.78 is 178.